The van der Waals surface area contributed by atoms with Crippen molar-refractivity contribution in [1.82, 2.24) is 25.8 Å². The molecule has 11 heteroatoms. The number of ether oxygens (including phenoxy) is 2. The summed E-state index contributed by atoms with van der Waals surface area (Å²) in [5.74, 6) is 0.246. The van der Waals surface area contributed by atoms with Gasteiger partial charge in [0.1, 0.15) is 23.9 Å². The molecular formula is C31H45N5O6. The molecule has 3 aliphatic heterocycles. The number of likely N-dealkylation sites (tertiary alicyclic amines) is 1. The summed E-state index contributed by atoms with van der Waals surface area (Å²) < 4.78 is 11.4. The van der Waals surface area contributed by atoms with Gasteiger partial charge in [0.25, 0.3) is 0 Å². The van der Waals surface area contributed by atoms with Gasteiger partial charge in [-0.1, -0.05) is 12.1 Å². The summed E-state index contributed by atoms with van der Waals surface area (Å²) in [4.78, 5) is 57.5. The van der Waals surface area contributed by atoms with E-state index >= 15 is 0 Å². The van der Waals surface area contributed by atoms with Crippen LogP contribution in [0, 0.1) is 5.92 Å². The lowest BCUT2D eigenvalue weighted by Crippen LogP contribution is -2.58. The van der Waals surface area contributed by atoms with Gasteiger partial charge in [-0.05, 0) is 68.6 Å². The maximum atomic E-state index is 13.9. The maximum absolute atomic E-state index is 13.9. The van der Waals surface area contributed by atoms with E-state index in [1.54, 1.807) is 4.90 Å². The Morgan fingerprint density at radius 1 is 0.952 bits per heavy atom. The van der Waals surface area contributed by atoms with E-state index in [4.69, 9.17) is 9.47 Å². The summed E-state index contributed by atoms with van der Waals surface area (Å²) in [6.45, 7) is 4.99. The van der Waals surface area contributed by atoms with Gasteiger partial charge >= 0.3 is 0 Å². The number of carbonyl (C=O) groups is 4. The van der Waals surface area contributed by atoms with E-state index in [-0.39, 0.29) is 23.6 Å². The Kier molecular flexibility index (Phi) is 10.7. The molecule has 4 aliphatic rings. The van der Waals surface area contributed by atoms with Crippen LogP contribution >= 0.6 is 0 Å². The number of nitrogens with zero attached hydrogens (tertiary/aromatic N) is 2. The Labute approximate surface area is 248 Å². The van der Waals surface area contributed by atoms with E-state index in [1.807, 2.05) is 24.3 Å². The molecule has 4 amide bonds. The van der Waals surface area contributed by atoms with Crippen molar-refractivity contribution in [3.63, 3.8) is 0 Å². The van der Waals surface area contributed by atoms with Crippen molar-refractivity contribution in [1.29, 1.82) is 0 Å². The highest BCUT2D eigenvalue weighted by Gasteiger charge is 2.36. The van der Waals surface area contributed by atoms with Crippen molar-refractivity contribution < 1.29 is 28.7 Å². The van der Waals surface area contributed by atoms with Crippen LogP contribution in [0.1, 0.15) is 56.9 Å². The molecule has 5 rings (SSSR count). The van der Waals surface area contributed by atoms with Crippen LogP contribution in [0.3, 0.4) is 0 Å². The lowest BCUT2D eigenvalue weighted by Gasteiger charge is -2.31. The molecule has 1 aliphatic carbocycles. The Hall–Kier alpha value is -3.18. The number of morpholine rings is 1. The molecule has 1 aromatic carbocycles. The van der Waals surface area contributed by atoms with E-state index in [9.17, 15) is 19.2 Å². The van der Waals surface area contributed by atoms with Crippen LogP contribution in [-0.4, -0.2) is 104 Å². The highest BCUT2D eigenvalue weighted by molar-refractivity contribution is 5.94. The van der Waals surface area contributed by atoms with Gasteiger partial charge in [0.05, 0.1) is 19.8 Å². The topological polar surface area (TPSA) is 129 Å². The smallest absolute Gasteiger partial charge is 0.243 e. The first kappa shape index (κ1) is 30.3. The minimum Gasteiger partial charge on any atom is -0.494 e. The van der Waals surface area contributed by atoms with Gasteiger partial charge in [-0.15, -0.1) is 0 Å². The Bertz CT molecular complexity index is 1110. The fourth-order valence-electron chi connectivity index (χ4n) is 5.87. The number of nitrogens with one attached hydrogen (secondary N) is 3. The van der Waals surface area contributed by atoms with Crippen LogP contribution in [0.2, 0.25) is 0 Å². The molecular weight excluding hydrogens is 538 g/mol. The normalized spacial score (nSPS) is 26.7. The first-order valence-electron chi connectivity index (χ1n) is 15.7. The zero-order chi connectivity index (χ0) is 29.3. The molecule has 1 saturated carbocycles. The fourth-order valence-corrected chi connectivity index (χ4v) is 5.87. The van der Waals surface area contributed by atoms with Gasteiger partial charge in [0.15, 0.2) is 0 Å². The fraction of sp³-hybridized carbons (Fsp3) is 0.677. The van der Waals surface area contributed by atoms with Gasteiger partial charge < -0.3 is 30.3 Å². The molecule has 3 fully saturated rings. The average molecular weight is 584 g/mol. The van der Waals surface area contributed by atoms with E-state index in [0.29, 0.717) is 89.6 Å². The molecule has 3 N–H and O–H groups in total. The third-order valence-electron chi connectivity index (χ3n) is 8.64. The standard InChI is InChI=1S/C31H45N5O6/c37-28-8-4-12-36(28)27-20-23-5-3-6-24(19-23)42-16-2-1-7-25(29(38)32-21-22-9-10-22)33-30(39)26(34-31(27)40)11-13-35-14-17-41-18-15-35/h3,5-6,19,22,25-27H,1-2,4,7-18,20-21H2,(H,32,38)(H,33,39)(H,34,40)/t25-,26-,27-/m0/s1. The van der Waals surface area contributed by atoms with Gasteiger partial charge in [-0.3, -0.25) is 24.1 Å². The van der Waals surface area contributed by atoms with E-state index in [0.717, 1.165) is 37.9 Å². The summed E-state index contributed by atoms with van der Waals surface area (Å²) in [6.07, 6.45) is 5.95. The van der Waals surface area contributed by atoms with Crippen LogP contribution in [0.5, 0.6) is 5.75 Å². The number of rotatable bonds is 7. The highest BCUT2D eigenvalue weighted by atomic mass is 16.5. The number of amides is 4. The number of benzene rings is 1. The molecule has 0 unspecified atom stereocenters. The Balaban J connectivity index is 1.38. The second-order valence-electron chi connectivity index (χ2n) is 12.0. The van der Waals surface area contributed by atoms with Crippen molar-refractivity contribution in [2.75, 3.05) is 52.5 Å². The van der Waals surface area contributed by atoms with Crippen LogP contribution in [0.15, 0.2) is 24.3 Å². The van der Waals surface area contributed by atoms with E-state index < -0.39 is 18.1 Å². The third-order valence-corrected chi connectivity index (χ3v) is 8.64. The van der Waals surface area contributed by atoms with Gasteiger partial charge in [0.2, 0.25) is 23.6 Å². The summed E-state index contributed by atoms with van der Waals surface area (Å²) in [5, 5.41) is 8.98. The molecule has 0 aromatic heterocycles. The quantitative estimate of drug-likeness (QED) is 0.437. The lowest BCUT2D eigenvalue weighted by atomic mass is 10.0. The van der Waals surface area contributed by atoms with Gasteiger partial charge in [-0.25, -0.2) is 0 Å². The van der Waals surface area contributed by atoms with E-state index in [2.05, 4.69) is 20.9 Å². The largest absolute Gasteiger partial charge is 0.494 e. The SMILES string of the molecule is O=C(NCC1CC1)[C@@H]1CCCCOc2cccc(c2)C[C@H](N2CCCC2=O)C(=O)N[C@@H](CCN2CCOCC2)C(=O)N1. The molecule has 3 heterocycles. The number of fused-ring (bicyclic) bond motifs is 2. The van der Waals surface area contributed by atoms with E-state index in [1.165, 1.54) is 0 Å². The lowest BCUT2D eigenvalue weighted by molar-refractivity contribution is -0.139. The zero-order valence-corrected chi connectivity index (χ0v) is 24.5. The van der Waals surface area contributed by atoms with Crippen LogP contribution in [0.25, 0.3) is 0 Å². The second-order valence-corrected chi connectivity index (χ2v) is 12.0. The molecule has 2 bridgehead atoms. The summed E-state index contributed by atoms with van der Waals surface area (Å²) in [7, 11) is 0. The van der Waals surface area contributed by atoms with Crippen LogP contribution < -0.4 is 20.7 Å². The highest BCUT2D eigenvalue weighted by Crippen LogP contribution is 2.27. The molecule has 3 atom stereocenters. The summed E-state index contributed by atoms with van der Waals surface area (Å²) in [6, 6.07) is 5.34. The molecule has 0 radical (unpaired) electrons. The minimum atomic E-state index is -0.846. The first-order valence-corrected chi connectivity index (χ1v) is 15.7. The number of hydrogen-bond donors (Lipinski definition) is 3. The zero-order valence-electron chi connectivity index (χ0n) is 24.5. The number of hydrogen-bond acceptors (Lipinski definition) is 7. The third kappa shape index (κ3) is 8.67. The summed E-state index contributed by atoms with van der Waals surface area (Å²) >= 11 is 0. The average Bonchev–Trinajstić information content (AvgIpc) is 3.74. The van der Waals surface area contributed by atoms with Crippen molar-refractivity contribution in [3.05, 3.63) is 29.8 Å². The van der Waals surface area contributed by atoms with Crippen molar-refractivity contribution in [2.45, 2.75) is 75.9 Å². The van der Waals surface area contributed by atoms with Crippen LogP contribution in [0.4, 0.5) is 0 Å². The van der Waals surface area contributed by atoms with Gasteiger partial charge in [0, 0.05) is 45.6 Å². The molecule has 1 aromatic rings. The van der Waals surface area contributed by atoms with Crippen molar-refractivity contribution >= 4 is 23.6 Å². The Morgan fingerprint density at radius 3 is 2.55 bits per heavy atom. The Morgan fingerprint density at radius 2 is 1.79 bits per heavy atom. The minimum absolute atomic E-state index is 0.0568. The first-order chi connectivity index (χ1) is 20.5. The molecule has 42 heavy (non-hydrogen) atoms. The maximum Gasteiger partial charge on any atom is 0.243 e. The molecule has 230 valence electrons. The van der Waals surface area contributed by atoms with Crippen LogP contribution in [-0.2, 0) is 30.3 Å². The predicted molar refractivity (Wildman–Crippen MR) is 156 cm³/mol. The monoisotopic (exact) mass is 583 g/mol. The van der Waals surface area contributed by atoms with Gasteiger partial charge in [-0.2, -0.15) is 0 Å². The summed E-state index contributed by atoms with van der Waals surface area (Å²) in [5.41, 5.74) is 0.890. The van der Waals surface area contributed by atoms with Crippen molar-refractivity contribution in [2.24, 2.45) is 5.92 Å². The predicted octanol–water partition coefficient (Wildman–Crippen LogP) is 1.00. The molecule has 2 saturated heterocycles. The molecule has 11 nitrogen and oxygen atoms in total. The molecule has 0 spiro atoms. The van der Waals surface area contributed by atoms with Crippen molar-refractivity contribution in [3.8, 4) is 5.75 Å². The second kappa shape index (κ2) is 14.8. The number of carbonyl (C=O) groups excluding carboxylic acids is 4.